The summed E-state index contributed by atoms with van der Waals surface area (Å²) >= 11 is 0. The number of aryl methyl sites for hydroxylation is 1. The van der Waals surface area contributed by atoms with E-state index in [2.05, 4.69) is 43.4 Å². The van der Waals surface area contributed by atoms with Crippen LogP contribution in [0.3, 0.4) is 0 Å². The van der Waals surface area contributed by atoms with Crippen LogP contribution in [0.1, 0.15) is 41.4 Å². The number of rotatable bonds is 4. The Bertz CT molecular complexity index is 617. The molecule has 3 N–H and O–H groups in total. The van der Waals surface area contributed by atoms with Crippen LogP contribution in [0.2, 0.25) is 0 Å². The van der Waals surface area contributed by atoms with Crippen LogP contribution in [0.5, 0.6) is 0 Å². The molecule has 0 aliphatic carbocycles. The third-order valence-corrected chi connectivity index (χ3v) is 3.39. The maximum Gasteiger partial charge on any atom is 0.161 e. The smallest absolute Gasteiger partial charge is 0.161 e. The summed E-state index contributed by atoms with van der Waals surface area (Å²) in [5.74, 6) is -0.0193. The molecule has 0 aliphatic heterocycles. The van der Waals surface area contributed by atoms with E-state index in [4.69, 9.17) is 5.73 Å². The Balaban J connectivity index is 2.19. The van der Waals surface area contributed by atoms with Crippen molar-refractivity contribution in [2.75, 3.05) is 11.1 Å². The average Bonchev–Trinajstić information content (AvgIpc) is 2.41. The van der Waals surface area contributed by atoms with Gasteiger partial charge in [0.05, 0.1) is 0 Å². The van der Waals surface area contributed by atoms with Gasteiger partial charge in [-0.2, -0.15) is 0 Å². The van der Waals surface area contributed by atoms with Gasteiger partial charge in [0.25, 0.3) is 0 Å². The molecule has 0 amide bonds. The van der Waals surface area contributed by atoms with Crippen LogP contribution in [0.25, 0.3) is 0 Å². The minimum Gasteiger partial charge on any atom is -0.398 e. The van der Waals surface area contributed by atoms with Gasteiger partial charge in [-0.15, -0.1) is 0 Å². The lowest BCUT2D eigenvalue weighted by molar-refractivity contribution is 0.101. The van der Waals surface area contributed by atoms with Crippen molar-refractivity contribution in [1.82, 2.24) is 0 Å². The number of nitrogen functional groups attached to an aromatic ring is 1. The Morgan fingerprint density at radius 3 is 2.40 bits per heavy atom. The zero-order chi connectivity index (χ0) is 14.7. The standard InChI is InChI=1S/C17H20N2O/c1-11-4-6-14(7-5-11)12(2)19-15-8-9-17(18)16(10-15)13(3)20/h4-10,12,19H,18H2,1-3H3. The van der Waals surface area contributed by atoms with Crippen molar-refractivity contribution in [3.8, 4) is 0 Å². The fourth-order valence-corrected chi connectivity index (χ4v) is 2.14. The van der Waals surface area contributed by atoms with Gasteiger partial charge >= 0.3 is 0 Å². The van der Waals surface area contributed by atoms with Crippen LogP contribution in [0.15, 0.2) is 42.5 Å². The summed E-state index contributed by atoms with van der Waals surface area (Å²) in [5.41, 5.74) is 10.2. The second kappa shape index (κ2) is 5.78. The topological polar surface area (TPSA) is 55.1 Å². The second-order valence-electron chi connectivity index (χ2n) is 5.13. The van der Waals surface area contributed by atoms with Crippen LogP contribution in [0, 0.1) is 6.92 Å². The number of nitrogens with one attached hydrogen (secondary N) is 1. The van der Waals surface area contributed by atoms with Crippen molar-refractivity contribution >= 4 is 17.2 Å². The van der Waals surface area contributed by atoms with Crippen molar-refractivity contribution in [2.45, 2.75) is 26.8 Å². The predicted octanol–water partition coefficient (Wildman–Crippen LogP) is 3.95. The maximum absolute atomic E-state index is 11.5. The van der Waals surface area contributed by atoms with Crippen molar-refractivity contribution in [3.05, 3.63) is 59.2 Å². The monoisotopic (exact) mass is 268 g/mol. The number of carbonyl (C=O) groups excluding carboxylic acids is 1. The number of carbonyl (C=O) groups is 1. The van der Waals surface area contributed by atoms with E-state index in [0.717, 1.165) is 5.69 Å². The van der Waals surface area contributed by atoms with Gasteiger partial charge in [-0.3, -0.25) is 4.79 Å². The van der Waals surface area contributed by atoms with E-state index in [1.807, 2.05) is 12.1 Å². The molecule has 0 bridgehead atoms. The molecule has 0 aromatic heterocycles. The van der Waals surface area contributed by atoms with E-state index in [1.165, 1.54) is 18.1 Å². The quantitative estimate of drug-likeness (QED) is 0.652. The summed E-state index contributed by atoms with van der Waals surface area (Å²) in [5, 5.41) is 3.39. The molecule has 20 heavy (non-hydrogen) atoms. The van der Waals surface area contributed by atoms with Gasteiger partial charge < -0.3 is 11.1 Å². The van der Waals surface area contributed by atoms with Crippen molar-refractivity contribution < 1.29 is 4.79 Å². The van der Waals surface area contributed by atoms with Gasteiger partial charge in [0.2, 0.25) is 0 Å². The summed E-state index contributed by atoms with van der Waals surface area (Å²) in [6, 6.07) is 14.0. The molecule has 2 aromatic carbocycles. The van der Waals surface area contributed by atoms with Gasteiger partial charge in [-0.05, 0) is 44.5 Å². The van der Waals surface area contributed by atoms with Gasteiger partial charge in [-0.1, -0.05) is 29.8 Å². The number of ketones is 1. The molecule has 1 atom stereocenters. The molecular weight excluding hydrogens is 248 g/mol. The fraction of sp³-hybridized carbons (Fsp3) is 0.235. The number of hydrogen-bond acceptors (Lipinski definition) is 3. The van der Waals surface area contributed by atoms with E-state index in [0.29, 0.717) is 11.3 Å². The van der Waals surface area contributed by atoms with Crippen LogP contribution in [-0.2, 0) is 0 Å². The molecule has 0 aliphatic rings. The zero-order valence-electron chi connectivity index (χ0n) is 12.1. The van der Waals surface area contributed by atoms with E-state index < -0.39 is 0 Å². The highest BCUT2D eigenvalue weighted by atomic mass is 16.1. The molecule has 0 saturated heterocycles. The fourth-order valence-electron chi connectivity index (χ4n) is 2.14. The minimum atomic E-state index is -0.0193. The summed E-state index contributed by atoms with van der Waals surface area (Å²) in [6.45, 7) is 5.69. The molecule has 1 unspecified atom stereocenters. The maximum atomic E-state index is 11.5. The van der Waals surface area contributed by atoms with Crippen LogP contribution < -0.4 is 11.1 Å². The minimum absolute atomic E-state index is 0.0193. The van der Waals surface area contributed by atoms with Crippen molar-refractivity contribution in [2.24, 2.45) is 0 Å². The number of hydrogen-bond donors (Lipinski definition) is 2. The Kier molecular flexibility index (Phi) is 4.08. The van der Waals surface area contributed by atoms with Gasteiger partial charge in [0.15, 0.2) is 5.78 Å². The molecule has 3 heteroatoms. The summed E-state index contributed by atoms with van der Waals surface area (Å²) in [4.78, 5) is 11.5. The average molecular weight is 268 g/mol. The molecule has 0 spiro atoms. The highest BCUT2D eigenvalue weighted by Gasteiger charge is 2.09. The highest BCUT2D eigenvalue weighted by Crippen LogP contribution is 2.23. The molecule has 0 heterocycles. The molecule has 0 saturated carbocycles. The lowest BCUT2D eigenvalue weighted by Crippen LogP contribution is -2.08. The second-order valence-corrected chi connectivity index (χ2v) is 5.13. The molecule has 104 valence electrons. The Morgan fingerprint density at radius 2 is 1.80 bits per heavy atom. The first kappa shape index (κ1) is 14.1. The van der Waals surface area contributed by atoms with Crippen molar-refractivity contribution in [1.29, 1.82) is 0 Å². The number of benzene rings is 2. The Hall–Kier alpha value is -2.29. The third-order valence-electron chi connectivity index (χ3n) is 3.39. The number of Topliss-reactive ketones (excluding diaryl/α,β-unsaturated/α-hetero) is 1. The molecule has 3 nitrogen and oxygen atoms in total. The lowest BCUT2D eigenvalue weighted by atomic mass is 10.0. The zero-order valence-corrected chi connectivity index (χ0v) is 12.1. The molecular formula is C17H20N2O. The highest BCUT2D eigenvalue weighted by molar-refractivity contribution is 6.00. The van der Waals surface area contributed by atoms with Crippen molar-refractivity contribution in [3.63, 3.8) is 0 Å². The van der Waals surface area contributed by atoms with E-state index in [1.54, 1.807) is 6.07 Å². The molecule has 0 radical (unpaired) electrons. The predicted molar refractivity (Wildman–Crippen MR) is 84.1 cm³/mol. The Morgan fingerprint density at radius 1 is 1.15 bits per heavy atom. The number of nitrogens with two attached hydrogens (primary N) is 1. The Labute approximate surface area is 119 Å². The van der Waals surface area contributed by atoms with Crippen LogP contribution >= 0.6 is 0 Å². The lowest BCUT2D eigenvalue weighted by Gasteiger charge is -2.17. The van der Waals surface area contributed by atoms with Gasteiger partial charge in [-0.25, -0.2) is 0 Å². The van der Waals surface area contributed by atoms with E-state index in [9.17, 15) is 4.79 Å². The molecule has 2 rings (SSSR count). The van der Waals surface area contributed by atoms with Crippen LogP contribution in [0.4, 0.5) is 11.4 Å². The summed E-state index contributed by atoms with van der Waals surface area (Å²) in [7, 11) is 0. The first-order valence-electron chi connectivity index (χ1n) is 6.71. The normalized spacial score (nSPS) is 11.9. The molecule has 2 aromatic rings. The third kappa shape index (κ3) is 3.18. The van der Waals surface area contributed by atoms with E-state index >= 15 is 0 Å². The summed E-state index contributed by atoms with van der Waals surface area (Å²) < 4.78 is 0. The molecule has 0 fully saturated rings. The SMILES string of the molecule is CC(=O)c1cc(NC(C)c2ccc(C)cc2)ccc1N. The van der Waals surface area contributed by atoms with Crippen LogP contribution in [-0.4, -0.2) is 5.78 Å². The summed E-state index contributed by atoms with van der Waals surface area (Å²) in [6.07, 6.45) is 0. The first-order valence-corrected chi connectivity index (χ1v) is 6.71. The number of anilines is 2. The van der Waals surface area contributed by atoms with E-state index in [-0.39, 0.29) is 11.8 Å². The largest absolute Gasteiger partial charge is 0.398 e. The van der Waals surface area contributed by atoms with Gasteiger partial charge in [0.1, 0.15) is 0 Å². The van der Waals surface area contributed by atoms with Gasteiger partial charge in [0, 0.05) is 23.0 Å². The first-order chi connectivity index (χ1) is 9.47.